The summed E-state index contributed by atoms with van der Waals surface area (Å²) in [4.78, 5) is 47.4. The first kappa shape index (κ1) is 21.4. The Kier molecular flexibility index (Phi) is 6.39. The molecule has 1 aromatic rings. The highest BCUT2D eigenvalue weighted by atomic mass is 32.2. The molecular weight excluding hydrogens is 390 g/mol. The highest BCUT2D eigenvalue weighted by Gasteiger charge is 2.42. The number of carbonyl (C=O) groups excluding carboxylic acids is 3. The summed E-state index contributed by atoms with van der Waals surface area (Å²) in [7, 11) is -4.15. The van der Waals surface area contributed by atoms with Crippen LogP contribution < -0.4 is 10.6 Å². The summed E-state index contributed by atoms with van der Waals surface area (Å²) in [6.07, 6.45) is 0.498. The predicted molar refractivity (Wildman–Crippen MR) is 96.7 cm³/mol. The van der Waals surface area contributed by atoms with Crippen molar-refractivity contribution in [3.05, 3.63) is 29.8 Å². The van der Waals surface area contributed by atoms with E-state index in [1.807, 2.05) is 0 Å². The van der Waals surface area contributed by atoms with Crippen molar-refractivity contribution in [2.45, 2.75) is 31.2 Å². The molecule has 2 rings (SSSR count). The summed E-state index contributed by atoms with van der Waals surface area (Å²) < 4.78 is 25.4. The first-order chi connectivity index (χ1) is 13.1. The van der Waals surface area contributed by atoms with Gasteiger partial charge in [0, 0.05) is 0 Å². The van der Waals surface area contributed by atoms with Gasteiger partial charge in [0.05, 0.1) is 5.56 Å². The van der Waals surface area contributed by atoms with Gasteiger partial charge in [0.2, 0.25) is 11.8 Å². The maximum absolute atomic E-state index is 12.5. The van der Waals surface area contributed by atoms with Gasteiger partial charge in [-0.2, -0.15) is 0 Å². The molecule has 2 unspecified atom stereocenters. The fourth-order valence-electron chi connectivity index (χ4n) is 2.71. The Labute approximate surface area is 162 Å². The van der Waals surface area contributed by atoms with Crippen molar-refractivity contribution < 1.29 is 32.7 Å². The second-order valence-electron chi connectivity index (χ2n) is 6.36. The number of nitrogens with one attached hydrogen (secondary N) is 2. The Morgan fingerprint density at radius 3 is 2.43 bits per heavy atom. The van der Waals surface area contributed by atoms with Crippen molar-refractivity contribution in [2.75, 3.05) is 13.1 Å². The number of nitrogens with zero attached hydrogens (tertiary/aromatic N) is 1. The lowest BCUT2D eigenvalue weighted by molar-refractivity contribution is -0.138. The number of hydrogen-bond donors (Lipinski definition) is 3. The molecule has 0 fully saturated rings. The molecule has 1 heterocycles. The van der Waals surface area contributed by atoms with Gasteiger partial charge in [-0.1, -0.05) is 32.4 Å². The van der Waals surface area contributed by atoms with Crippen LogP contribution in [-0.4, -0.2) is 60.7 Å². The second kappa shape index (κ2) is 8.38. The van der Waals surface area contributed by atoms with Gasteiger partial charge in [0.25, 0.3) is 15.9 Å². The average molecular weight is 411 g/mol. The van der Waals surface area contributed by atoms with Crippen LogP contribution in [0.2, 0.25) is 0 Å². The van der Waals surface area contributed by atoms with E-state index in [0.717, 1.165) is 0 Å². The molecule has 0 aromatic heterocycles. The highest BCUT2D eigenvalue weighted by Crippen LogP contribution is 2.29. The Bertz CT molecular complexity index is 913. The maximum Gasteiger partial charge on any atom is 0.322 e. The summed E-state index contributed by atoms with van der Waals surface area (Å²) in [5.41, 5.74) is -0.0204. The second-order valence-corrected chi connectivity index (χ2v) is 8.19. The number of carboxylic acids is 1. The van der Waals surface area contributed by atoms with Crippen LogP contribution in [-0.2, 0) is 24.4 Å². The topological polar surface area (TPSA) is 150 Å². The zero-order valence-corrected chi connectivity index (χ0v) is 16.2. The quantitative estimate of drug-likeness (QED) is 0.525. The van der Waals surface area contributed by atoms with E-state index < -0.39 is 52.8 Å². The third-order valence-corrected chi connectivity index (χ3v) is 6.21. The number of amides is 3. The molecule has 1 aliphatic rings. The van der Waals surface area contributed by atoms with E-state index in [1.54, 1.807) is 13.8 Å². The van der Waals surface area contributed by atoms with Gasteiger partial charge in [-0.25, -0.2) is 12.7 Å². The van der Waals surface area contributed by atoms with Crippen molar-refractivity contribution >= 4 is 33.7 Å². The fraction of sp³-hybridized carbons (Fsp3) is 0.412. The van der Waals surface area contributed by atoms with Gasteiger partial charge in [0.1, 0.15) is 24.0 Å². The van der Waals surface area contributed by atoms with Crippen molar-refractivity contribution in [2.24, 2.45) is 5.92 Å². The summed E-state index contributed by atoms with van der Waals surface area (Å²) >= 11 is 0. The number of rotatable bonds is 8. The van der Waals surface area contributed by atoms with Crippen molar-refractivity contribution in [1.82, 2.24) is 14.9 Å². The van der Waals surface area contributed by atoms with Crippen molar-refractivity contribution in [3.8, 4) is 0 Å². The number of sulfonamides is 1. The van der Waals surface area contributed by atoms with Gasteiger partial charge >= 0.3 is 5.97 Å². The minimum Gasteiger partial charge on any atom is -0.480 e. The smallest absolute Gasteiger partial charge is 0.322 e. The molecule has 0 saturated heterocycles. The van der Waals surface area contributed by atoms with E-state index in [0.29, 0.717) is 10.7 Å². The normalized spacial score (nSPS) is 16.8. The van der Waals surface area contributed by atoms with Crippen LogP contribution in [0.1, 0.15) is 30.6 Å². The van der Waals surface area contributed by atoms with Crippen LogP contribution in [0.3, 0.4) is 0 Å². The Morgan fingerprint density at radius 1 is 1.21 bits per heavy atom. The molecule has 11 heteroatoms. The molecule has 0 saturated carbocycles. The summed E-state index contributed by atoms with van der Waals surface area (Å²) in [6, 6.07) is 4.55. The number of benzene rings is 1. The molecule has 1 aliphatic heterocycles. The highest BCUT2D eigenvalue weighted by molar-refractivity contribution is 7.90. The van der Waals surface area contributed by atoms with Gasteiger partial charge in [-0.3, -0.25) is 19.2 Å². The van der Waals surface area contributed by atoms with Crippen molar-refractivity contribution in [3.63, 3.8) is 0 Å². The van der Waals surface area contributed by atoms with Crippen LogP contribution >= 0.6 is 0 Å². The largest absolute Gasteiger partial charge is 0.480 e. The Morgan fingerprint density at radius 2 is 1.86 bits per heavy atom. The van der Waals surface area contributed by atoms with E-state index in [1.165, 1.54) is 24.3 Å². The molecule has 3 N–H and O–H groups in total. The molecule has 0 radical (unpaired) electrons. The number of aliphatic carboxylic acids is 1. The van der Waals surface area contributed by atoms with Crippen LogP contribution in [0, 0.1) is 5.92 Å². The molecule has 2 atom stereocenters. The first-order valence-electron chi connectivity index (χ1n) is 8.54. The Balaban J connectivity index is 2.14. The lowest BCUT2D eigenvalue weighted by Crippen LogP contribution is -2.53. The summed E-state index contributed by atoms with van der Waals surface area (Å²) in [6.45, 7) is 2.06. The van der Waals surface area contributed by atoms with Gasteiger partial charge < -0.3 is 15.7 Å². The van der Waals surface area contributed by atoms with E-state index >= 15 is 0 Å². The lowest BCUT2D eigenvalue weighted by atomic mass is 9.98. The summed E-state index contributed by atoms with van der Waals surface area (Å²) in [5.74, 6) is -3.96. The minimum atomic E-state index is -4.15. The number of carbonyl (C=O) groups is 4. The zero-order valence-electron chi connectivity index (χ0n) is 15.3. The molecular formula is C17H21N3O7S. The van der Waals surface area contributed by atoms with E-state index in [4.69, 9.17) is 5.11 Å². The molecule has 1 aromatic carbocycles. The van der Waals surface area contributed by atoms with Gasteiger partial charge in [-0.05, 0) is 18.1 Å². The average Bonchev–Trinajstić information content (AvgIpc) is 2.84. The van der Waals surface area contributed by atoms with Crippen molar-refractivity contribution in [1.29, 1.82) is 0 Å². The predicted octanol–water partition coefficient (Wildman–Crippen LogP) is -0.437. The standard InChI is InChI=1S/C17H21N3O7S/c1-3-10(2)15(16(24)18-8-14(22)23)19-13(21)9-20-17(25)11-6-4-5-7-12(11)28(20,26)27/h4-7,10,15H,3,8-9H2,1-2H3,(H,18,24)(H,19,21)(H,22,23). The third-order valence-electron chi connectivity index (χ3n) is 4.43. The molecule has 10 nitrogen and oxygen atoms in total. The van der Waals surface area contributed by atoms with E-state index in [-0.39, 0.29) is 16.4 Å². The lowest BCUT2D eigenvalue weighted by Gasteiger charge is -2.24. The molecule has 0 bridgehead atoms. The summed E-state index contributed by atoms with van der Waals surface area (Å²) in [5, 5.41) is 13.3. The number of fused-ring (bicyclic) bond motifs is 1. The molecule has 0 aliphatic carbocycles. The number of hydrogen-bond acceptors (Lipinski definition) is 6. The number of carboxylic acid groups (broad SMARTS) is 1. The van der Waals surface area contributed by atoms with Crippen LogP contribution in [0.4, 0.5) is 0 Å². The van der Waals surface area contributed by atoms with Gasteiger partial charge in [-0.15, -0.1) is 0 Å². The minimum absolute atomic E-state index is 0.0204. The third kappa shape index (κ3) is 4.30. The molecule has 28 heavy (non-hydrogen) atoms. The first-order valence-corrected chi connectivity index (χ1v) is 9.98. The Hall–Kier alpha value is -2.95. The van der Waals surface area contributed by atoms with Gasteiger partial charge in [0.15, 0.2) is 0 Å². The molecule has 0 spiro atoms. The molecule has 152 valence electrons. The fourth-order valence-corrected chi connectivity index (χ4v) is 4.24. The molecule has 3 amide bonds. The van der Waals surface area contributed by atoms with Crippen LogP contribution in [0.25, 0.3) is 0 Å². The van der Waals surface area contributed by atoms with E-state index in [9.17, 15) is 27.6 Å². The zero-order chi connectivity index (χ0) is 21.1. The monoisotopic (exact) mass is 411 g/mol. The van der Waals surface area contributed by atoms with Crippen LogP contribution in [0.15, 0.2) is 29.2 Å². The van der Waals surface area contributed by atoms with E-state index in [2.05, 4.69) is 10.6 Å². The maximum atomic E-state index is 12.5. The van der Waals surface area contributed by atoms with Crippen LogP contribution in [0.5, 0.6) is 0 Å². The SMILES string of the molecule is CCC(C)C(NC(=O)CN1C(=O)c2ccccc2S1(=O)=O)C(=O)NCC(=O)O.